The number of halogens is 1. The number of hydrogen-bond acceptors (Lipinski definition) is 2. The van der Waals surface area contributed by atoms with Gasteiger partial charge in [0.25, 0.3) is 0 Å². The predicted molar refractivity (Wildman–Crippen MR) is 57.0 cm³/mol. The zero-order valence-corrected chi connectivity index (χ0v) is 9.06. The number of aliphatic hydroxyl groups is 1. The van der Waals surface area contributed by atoms with Crippen molar-refractivity contribution in [3.05, 3.63) is 35.6 Å². The molecule has 0 saturated carbocycles. The Labute approximate surface area is 93.5 Å². The molecule has 86 valence electrons. The first-order chi connectivity index (χ1) is 7.58. The van der Waals surface area contributed by atoms with Crippen molar-refractivity contribution < 1.29 is 14.3 Å². The van der Waals surface area contributed by atoms with E-state index in [1.807, 2.05) is 0 Å². The van der Waals surface area contributed by atoms with Crippen molar-refractivity contribution in [3.8, 4) is 0 Å². The van der Waals surface area contributed by atoms with E-state index in [1.165, 1.54) is 12.1 Å². The molecule has 0 bridgehead atoms. The van der Waals surface area contributed by atoms with Crippen LogP contribution in [0.3, 0.4) is 0 Å². The van der Waals surface area contributed by atoms with Crippen LogP contribution in [0.2, 0.25) is 0 Å². The van der Waals surface area contributed by atoms with Crippen molar-refractivity contribution in [2.45, 2.75) is 19.6 Å². The normalized spacial score (nSPS) is 25.2. The number of nitrogens with zero attached hydrogens (tertiary/aromatic N) is 1. The Kier molecular flexibility index (Phi) is 2.92. The van der Waals surface area contributed by atoms with Gasteiger partial charge in [-0.2, -0.15) is 0 Å². The van der Waals surface area contributed by atoms with Crippen molar-refractivity contribution in [1.29, 1.82) is 0 Å². The smallest absolute Gasteiger partial charge is 0.228 e. The molecule has 1 aromatic carbocycles. The van der Waals surface area contributed by atoms with Crippen LogP contribution in [-0.4, -0.2) is 28.6 Å². The average molecular weight is 223 g/mol. The molecule has 1 heterocycles. The molecule has 1 aliphatic rings. The first-order valence-corrected chi connectivity index (χ1v) is 5.29. The average Bonchev–Trinajstić information content (AvgIpc) is 2.50. The number of likely N-dealkylation sites (tertiary alicyclic amines) is 1. The van der Waals surface area contributed by atoms with Crippen LogP contribution in [-0.2, 0) is 11.3 Å². The summed E-state index contributed by atoms with van der Waals surface area (Å²) in [7, 11) is 0. The van der Waals surface area contributed by atoms with Gasteiger partial charge in [0.1, 0.15) is 5.82 Å². The van der Waals surface area contributed by atoms with Gasteiger partial charge in [0.05, 0.1) is 12.0 Å². The highest BCUT2D eigenvalue weighted by atomic mass is 19.1. The lowest BCUT2D eigenvalue weighted by Crippen LogP contribution is -2.26. The quantitative estimate of drug-likeness (QED) is 0.817. The van der Waals surface area contributed by atoms with Gasteiger partial charge in [-0.05, 0) is 17.7 Å². The van der Waals surface area contributed by atoms with E-state index in [4.69, 9.17) is 0 Å². The summed E-state index contributed by atoms with van der Waals surface area (Å²) in [4.78, 5) is 13.3. The second kappa shape index (κ2) is 4.22. The Balaban J connectivity index is 2.06. The number of aliphatic hydroxyl groups excluding tert-OH is 1. The SMILES string of the molecule is CC1C(=O)N(Cc2ccc(F)cc2)CC1O. The molecule has 4 heteroatoms. The van der Waals surface area contributed by atoms with Crippen LogP contribution in [0, 0.1) is 11.7 Å². The molecule has 2 atom stereocenters. The Morgan fingerprint density at radius 1 is 1.44 bits per heavy atom. The van der Waals surface area contributed by atoms with Crippen LogP contribution in [0.5, 0.6) is 0 Å². The lowest BCUT2D eigenvalue weighted by Gasteiger charge is -2.15. The van der Waals surface area contributed by atoms with E-state index in [2.05, 4.69) is 0 Å². The van der Waals surface area contributed by atoms with E-state index in [0.29, 0.717) is 13.1 Å². The van der Waals surface area contributed by atoms with Crippen LogP contribution in [0.4, 0.5) is 4.39 Å². The topological polar surface area (TPSA) is 40.5 Å². The van der Waals surface area contributed by atoms with Gasteiger partial charge in [-0.3, -0.25) is 4.79 Å². The molecule has 0 aromatic heterocycles. The van der Waals surface area contributed by atoms with Gasteiger partial charge in [-0.15, -0.1) is 0 Å². The van der Waals surface area contributed by atoms with E-state index >= 15 is 0 Å². The summed E-state index contributed by atoms with van der Waals surface area (Å²) in [6, 6.07) is 6.04. The predicted octanol–water partition coefficient (Wildman–Crippen LogP) is 1.16. The Bertz CT molecular complexity index is 391. The molecular formula is C12H14FNO2. The van der Waals surface area contributed by atoms with Crippen LogP contribution < -0.4 is 0 Å². The number of benzene rings is 1. The van der Waals surface area contributed by atoms with Gasteiger partial charge in [0.15, 0.2) is 0 Å². The molecule has 2 unspecified atom stereocenters. The highest BCUT2D eigenvalue weighted by Crippen LogP contribution is 2.20. The maximum Gasteiger partial charge on any atom is 0.228 e. The first-order valence-electron chi connectivity index (χ1n) is 5.29. The van der Waals surface area contributed by atoms with Gasteiger partial charge in [0.2, 0.25) is 5.91 Å². The summed E-state index contributed by atoms with van der Waals surface area (Å²) in [5, 5.41) is 9.54. The Hall–Kier alpha value is -1.42. The molecule has 0 aliphatic carbocycles. The molecule has 1 amide bonds. The van der Waals surface area contributed by atoms with Crippen LogP contribution in [0.15, 0.2) is 24.3 Å². The minimum atomic E-state index is -0.590. The number of β-amino-alcohol motifs (C(OH)–C–C–N with tert-alkyl or cyclic N) is 1. The minimum Gasteiger partial charge on any atom is -0.390 e. The summed E-state index contributed by atoms with van der Waals surface area (Å²) >= 11 is 0. The minimum absolute atomic E-state index is 0.0446. The molecule has 1 aromatic rings. The van der Waals surface area contributed by atoms with Gasteiger partial charge >= 0.3 is 0 Å². The van der Waals surface area contributed by atoms with Gasteiger partial charge in [-0.1, -0.05) is 19.1 Å². The van der Waals surface area contributed by atoms with E-state index in [9.17, 15) is 14.3 Å². The molecule has 1 fully saturated rings. The highest BCUT2D eigenvalue weighted by molar-refractivity contribution is 5.81. The lowest BCUT2D eigenvalue weighted by atomic mass is 10.1. The van der Waals surface area contributed by atoms with Gasteiger partial charge in [-0.25, -0.2) is 4.39 Å². The Morgan fingerprint density at radius 2 is 2.06 bits per heavy atom. The van der Waals surface area contributed by atoms with Crippen LogP contribution in [0.25, 0.3) is 0 Å². The monoisotopic (exact) mass is 223 g/mol. The van der Waals surface area contributed by atoms with Crippen LogP contribution in [0.1, 0.15) is 12.5 Å². The zero-order chi connectivity index (χ0) is 11.7. The van der Waals surface area contributed by atoms with Crippen LogP contribution >= 0.6 is 0 Å². The lowest BCUT2D eigenvalue weighted by molar-refractivity contribution is -0.131. The largest absolute Gasteiger partial charge is 0.390 e. The molecule has 0 spiro atoms. The van der Waals surface area contributed by atoms with E-state index in [1.54, 1.807) is 24.0 Å². The summed E-state index contributed by atoms with van der Waals surface area (Å²) < 4.78 is 12.7. The van der Waals surface area contributed by atoms with E-state index in [-0.39, 0.29) is 17.6 Å². The van der Waals surface area contributed by atoms with Crippen molar-refractivity contribution in [2.75, 3.05) is 6.54 Å². The summed E-state index contributed by atoms with van der Waals surface area (Å²) in [6.07, 6.45) is -0.590. The van der Waals surface area contributed by atoms with E-state index < -0.39 is 6.10 Å². The van der Waals surface area contributed by atoms with Crippen molar-refractivity contribution >= 4 is 5.91 Å². The van der Waals surface area contributed by atoms with Gasteiger partial charge < -0.3 is 10.0 Å². The zero-order valence-electron chi connectivity index (χ0n) is 9.06. The fourth-order valence-electron chi connectivity index (χ4n) is 1.88. The number of amides is 1. The maximum absolute atomic E-state index is 12.7. The number of hydrogen-bond donors (Lipinski definition) is 1. The summed E-state index contributed by atoms with van der Waals surface area (Å²) in [5.74, 6) is -0.665. The fourth-order valence-corrected chi connectivity index (χ4v) is 1.88. The number of carbonyl (C=O) groups is 1. The molecule has 16 heavy (non-hydrogen) atoms. The second-order valence-electron chi connectivity index (χ2n) is 4.20. The molecular weight excluding hydrogens is 209 g/mol. The maximum atomic E-state index is 12.7. The third-order valence-corrected chi connectivity index (χ3v) is 2.97. The Morgan fingerprint density at radius 3 is 2.56 bits per heavy atom. The molecule has 3 nitrogen and oxygen atoms in total. The second-order valence-corrected chi connectivity index (χ2v) is 4.20. The summed E-state index contributed by atoms with van der Waals surface area (Å²) in [6.45, 7) is 2.51. The third kappa shape index (κ3) is 2.07. The number of carbonyl (C=O) groups excluding carboxylic acids is 1. The molecule has 1 N–H and O–H groups in total. The van der Waals surface area contributed by atoms with Crippen molar-refractivity contribution in [3.63, 3.8) is 0 Å². The molecule has 0 radical (unpaired) electrons. The number of rotatable bonds is 2. The molecule has 1 aliphatic heterocycles. The third-order valence-electron chi connectivity index (χ3n) is 2.97. The molecule has 1 saturated heterocycles. The van der Waals surface area contributed by atoms with Crippen molar-refractivity contribution in [1.82, 2.24) is 4.90 Å². The molecule has 2 rings (SSSR count). The standard InChI is InChI=1S/C12H14FNO2/c1-8-11(15)7-14(12(8)16)6-9-2-4-10(13)5-3-9/h2-5,8,11,15H,6-7H2,1H3. The first kappa shape index (κ1) is 11.1. The summed E-state index contributed by atoms with van der Waals surface area (Å²) in [5.41, 5.74) is 0.871. The van der Waals surface area contributed by atoms with Gasteiger partial charge in [0, 0.05) is 13.1 Å². The fraction of sp³-hybridized carbons (Fsp3) is 0.417. The van der Waals surface area contributed by atoms with E-state index in [0.717, 1.165) is 5.56 Å². The van der Waals surface area contributed by atoms with Crippen molar-refractivity contribution in [2.24, 2.45) is 5.92 Å². The highest BCUT2D eigenvalue weighted by Gasteiger charge is 2.35.